The number of methoxy groups -OCH3 is 1. The molecule has 3 aliphatic rings. The van der Waals surface area contributed by atoms with Gasteiger partial charge >= 0.3 is 0 Å². The first-order valence-corrected chi connectivity index (χ1v) is 8.04. The van der Waals surface area contributed by atoms with Gasteiger partial charge in [-0.25, -0.2) is 0 Å². The third-order valence-corrected chi connectivity index (χ3v) is 4.93. The molecule has 126 valence electrons. The molecule has 1 N–H and O–H groups in total. The zero-order valence-corrected chi connectivity index (χ0v) is 13.2. The van der Waals surface area contributed by atoms with Crippen LogP contribution in [0.15, 0.2) is 0 Å². The zero-order valence-electron chi connectivity index (χ0n) is 13.2. The average Bonchev–Trinajstić information content (AvgIpc) is 2.89. The van der Waals surface area contributed by atoms with Gasteiger partial charge in [0, 0.05) is 59.3 Å². The van der Waals surface area contributed by atoms with E-state index < -0.39 is 5.60 Å². The molecule has 0 aliphatic carbocycles. The molecule has 1 amide bonds. The molecule has 0 aromatic heterocycles. The number of carbonyl (C=O) groups is 1. The largest absolute Gasteiger partial charge is 0.388 e. The second-order valence-corrected chi connectivity index (χ2v) is 6.53. The summed E-state index contributed by atoms with van der Waals surface area (Å²) in [6.07, 6.45) is 1.39. The van der Waals surface area contributed by atoms with Crippen LogP contribution in [0.1, 0.15) is 12.8 Å². The van der Waals surface area contributed by atoms with Crippen LogP contribution < -0.4 is 0 Å². The van der Waals surface area contributed by atoms with Gasteiger partial charge in [0.15, 0.2) is 0 Å². The fourth-order valence-corrected chi connectivity index (χ4v) is 3.68. The fourth-order valence-electron chi connectivity index (χ4n) is 3.68. The Hall–Kier alpha value is -0.730. The molecule has 0 aromatic rings. The van der Waals surface area contributed by atoms with Crippen LogP contribution in [0.25, 0.3) is 0 Å². The molecule has 0 unspecified atom stereocenters. The Morgan fingerprint density at radius 2 is 2.14 bits per heavy atom. The van der Waals surface area contributed by atoms with Gasteiger partial charge in [0.2, 0.25) is 5.91 Å². The molecular weight excluding hydrogens is 288 g/mol. The summed E-state index contributed by atoms with van der Waals surface area (Å²) < 4.78 is 16.1. The van der Waals surface area contributed by atoms with Crippen LogP contribution in [-0.2, 0) is 19.0 Å². The standard InChI is InChI=1S/C15H26N2O5/c1-20-7-4-17-12-8-16(9-13(12)22-10-14(17)18)11-15(19)2-5-21-6-3-15/h12-13,19H,2-11H2,1H3/t12-,13-/m0/s1. The highest BCUT2D eigenvalue weighted by atomic mass is 16.5. The Bertz CT molecular complexity index is 399. The van der Waals surface area contributed by atoms with E-state index in [0.717, 1.165) is 13.1 Å². The molecule has 0 radical (unpaired) electrons. The number of hydrogen-bond acceptors (Lipinski definition) is 6. The Morgan fingerprint density at radius 1 is 1.36 bits per heavy atom. The van der Waals surface area contributed by atoms with E-state index in [1.54, 1.807) is 7.11 Å². The van der Waals surface area contributed by atoms with Crippen LogP contribution in [0, 0.1) is 0 Å². The molecule has 2 atom stereocenters. The number of β-amino-alcohol motifs (C(OH)–C–C–N with tert-alkyl or cyclic N) is 1. The smallest absolute Gasteiger partial charge is 0.249 e. The number of fused-ring (bicyclic) bond motifs is 1. The maximum atomic E-state index is 12.1. The molecule has 7 nitrogen and oxygen atoms in total. The monoisotopic (exact) mass is 314 g/mol. The normalized spacial score (nSPS) is 32.3. The van der Waals surface area contributed by atoms with E-state index in [-0.39, 0.29) is 24.7 Å². The van der Waals surface area contributed by atoms with E-state index in [1.807, 2.05) is 4.90 Å². The molecule has 0 spiro atoms. The molecule has 7 heteroatoms. The lowest BCUT2D eigenvalue weighted by molar-refractivity contribution is -0.153. The van der Waals surface area contributed by atoms with Crippen molar-refractivity contribution in [3.05, 3.63) is 0 Å². The summed E-state index contributed by atoms with van der Waals surface area (Å²) in [5.41, 5.74) is -0.673. The van der Waals surface area contributed by atoms with Crippen molar-refractivity contribution in [1.29, 1.82) is 0 Å². The molecule has 0 saturated carbocycles. The predicted octanol–water partition coefficient (Wildman–Crippen LogP) is -0.914. The van der Waals surface area contributed by atoms with Gasteiger partial charge in [0.05, 0.1) is 24.4 Å². The highest BCUT2D eigenvalue weighted by molar-refractivity contribution is 5.78. The lowest BCUT2D eigenvalue weighted by Crippen LogP contribution is -2.55. The summed E-state index contributed by atoms with van der Waals surface area (Å²) in [4.78, 5) is 16.2. The molecule has 0 bridgehead atoms. The Morgan fingerprint density at radius 3 is 2.86 bits per heavy atom. The topological polar surface area (TPSA) is 71.5 Å². The Balaban J connectivity index is 1.60. The van der Waals surface area contributed by atoms with E-state index >= 15 is 0 Å². The maximum Gasteiger partial charge on any atom is 0.249 e. The molecule has 0 aromatic carbocycles. The van der Waals surface area contributed by atoms with E-state index in [2.05, 4.69) is 4.90 Å². The van der Waals surface area contributed by atoms with Crippen molar-refractivity contribution in [2.24, 2.45) is 0 Å². The van der Waals surface area contributed by atoms with Crippen molar-refractivity contribution >= 4 is 5.91 Å². The first-order valence-electron chi connectivity index (χ1n) is 8.04. The summed E-state index contributed by atoms with van der Waals surface area (Å²) in [6, 6.07) is 0.0693. The zero-order chi connectivity index (χ0) is 15.6. The second-order valence-electron chi connectivity index (χ2n) is 6.53. The van der Waals surface area contributed by atoms with Crippen LogP contribution in [-0.4, -0.2) is 98.3 Å². The minimum Gasteiger partial charge on any atom is -0.388 e. The maximum absolute atomic E-state index is 12.1. The summed E-state index contributed by atoms with van der Waals surface area (Å²) >= 11 is 0. The molecule has 3 fully saturated rings. The van der Waals surface area contributed by atoms with Gasteiger partial charge < -0.3 is 24.2 Å². The molecular formula is C15H26N2O5. The van der Waals surface area contributed by atoms with E-state index in [9.17, 15) is 9.90 Å². The number of nitrogens with zero attached hydrogens (tertiary/aromatic N) is 2. The van der Waals surface area contributed by atoms with Gasteiger partial charge in [-0.3, -0.25) is 9.69 Å². The van der Waals surface area contributed by atoms with Crippen LogP contribution in [0.5, 0.6) is 0 Å². The van der Waals surface area contributed by atoms with Crippen molar-refractivity contribution in [1.82, 2.24) is 9.80 Å². The van der Waals surface area contributed by atoms with E-state index in [1.165, 1.54) is 0 Å². The number of morpholine rings is 1. The van der Waals surface area contributed by atoms with Crippen molar-refractivity contribution in [3.63, 3.8) is 0 Å². The van der Waals surface area contributed by atoms with Gasteiger partial charge in [0.25, 0.3) is 0 Å². The molecule has 3 rings (SSSR count). The van der Waals surface area contributed by atoms with Crippen molar-refractivity contribution in [2.45, 2.75) is 30.6 Å². The fraction of sp³-hybridized carbons (Fsp3) is 0.933. The summed E-state index contributed by atoms with van der Waals surface area (Å²) in [5.74, 6) is 0.0323. The predicted molar refractivity (Wildman–Crippen MR) is 78.6 cm³/mol. The first kappa shape index (κ1) is 16.1. The van der Waals surface area contributed by atoms with Gasteiger partial charge in [-0.05, 0) is 0 Å². The van der Waals surface area contributed by atoms with Crippen LogP contribution in [0.3, 0.4) is 0 Å². The molecule has 3 saturated heterocycles. The summed E-state index contributed by atoms with van der Waals surface area (Å²) in [5, 5.41) is 10.7. The van der Waals surface area contributed by atoms with Gasteiger partial charge in [-0.2, -0.15) is 0 Å². The Kier molecular flexibility index (Phi) is 4.99. The number of aliphatic hydroxyl groups is 1. The number of carbonyl (C=O) groups excluding carboxylic acids is 1. The summed E-state index contributed by atoms with van der Waals surface area (Å²) in [7, 11) is 1.64. The van der Waals surface area contributed by atoms with Crippen molar-refractivity contribution in [2.75, 3.05) is 59.7 Å². The van der Waals surface area contributed by atoms with Crippen LogP contribution in [0.4, 0.5) is 0 Å². The Labute approximate surface area is 131 Å². The minimum absolute atomic E-state index is 0.0323. The number of amides is 1. The lowest BCUT2D eigenvalue weighted by atomic mass is 9.94. The van der Waals surface area contributed by atoms with Crippen molar-refractivity contribution in [3.8, 4) is 0 Å². The average molecular weight is 314 g/mol. The molecule has 22 heavy (non-hydrogen) atoms. The molecule has 3 aliphatic heterocycles. The highest BCUT2D eigenvalue weighted by Crippen LogP contribution is 2.28. The number of ether oxygens (including phenoxy) is 3. The van der Waals surface area contributed by atoms with Crippen LogP contribution in [0.2, 0.25) is 0 Å². The van der Waals surface area contributed by atoms with Gasteiger partial charge in [-0.1, -0.05) is 0 Å². The minimum atomic E-state index is -0.673. The summed E-state index contributed by atoms with van der Waals surface area (Å²) in [6.45, 7) is 4.67. The third-order valence-electron chi connectivity index (χ3n) is 4.93. The molecule has 3 heterocycles. The third kappa shape index (κ3) is 3.44. The van der Waals surface area contributed by atoms with Gasteiger partial charge in [0.1, 0.15) is 6.61 Å². The van der Waals surface area contributed by atoms with E-state index in [4.69, 9.17) is 14.2 Å². The van der Waals surface area contributed by atoms with E-state index in [0.29, 0.717) is 45.8 Å². The SMILES string of the molecule is COCCN1C(=O)CO[C@H]2CN(CC3(O)CCOCC3)C[C@@H]21. The van der Waals surface area contributed by atoms with Gasteiger partial charge in [-0.15, -0.1) is 0 Å². The first-order chi connectivity index (χ1) is 10.6. The lowest BCUT2D eigenvalue weighted by Gasteiger charge is -2.37. The quantitative estimate of drug-likeness (QED) is 0.708. The number of hydrogen-bond donors (Lipinski definition) is 1. The second kappa shape index (κ2) is 6.80. The highest BCUT2D eigenvalue weighted by Gasteiger charge is 2.45. The van der Waals surface area contributed by atoms with Crippen molar-refractivity contribution < 1.29 is 24.1 Å². The number of rotatable bonds is 5. The number of likely N-dealkylation sites (tertiary alicyclic amines) is 1. The van der Waals surface area contributed by atoms with Crippen LogP contribution >= 0.6 is 0 Å².